The van der Waals surface area contributed by atoms with Gasteiger partial charge in [-0.25, -0.2) is 9.18 Å². The predicted octanol–water partition coefficient (Wildman–Crippen LogP) is 5.03. The number of amides is 1. The smallest absolute Gasteiger partial charge is 0.413 e. The first-order valence-corrected chi connectivity index (χ1v) is 9.31. The zero-order valence-corrected chi connectivity index (χ0v) is 17.2. The first-order chi connectivity index (χ1) is 13.0. The summed E-state index contributed by atoms with van der Waals surface area (Å²) in [6, 6.07) is 8.53. The second-order valence-electron chi connectivity index (χ2n) is 8.51. The van der Waals surface area contributed by atoms with Gasteiger partial charge in [-0.15, -0.1) is 0 Å². The number of carbonyl (C=O) groups is 1. The van der Waals surface area contributed by atoms with Crippen molar-refractivity contribution in [2.75, 3.05) is 6.67 Å². The monoisotopic (exact) mass is 390 g/mol. The first kappa shape index (κ1) is 20.3. The van der Waals surface area contributed by atoms with Gasteiger partial charge in [-0.3, -0.25) is 4.90 Å². The number of halogens is 1. The van der Waals surface area contributed by atoms with Crippen molar-refractivity contribution in [2.24, 2.45) is 0 Å². The van der Waals surface area contributed by atoms with E-state index in [0.717, 1.165) is 16.8 Å². The normalized spacial score (nSPS) is 21.8. The summed E-state index contributed by atoms with van der Waals surface area (Å²) in [6.07, 6.45) is -1.19. The molecule has 1 aliphatic heterocycles. The van der Waals surface area contributed by atoms with Crippen LogP contribution in [0, 0.1) is 6.92 Å². The number of hydrogen-bond acceptors (Lipinski definition) is 5. The van der Waals surface area contributed by atoms with Gasteiger partial charge in [-0.1, -0.05) is 29.4 Å². The third-order valence-corrected chi connectivity index (χ3v) is 4.58. The van der Waals surface area contributed by atoms with Crippen LogP contribution in [0.2, 0.25) is 0 Å². The second-order valence-corrected chi connectivity index (χ2v) is 8.51. The standard InChI is InChI=1S/C21H27FN2O4/c1-13-11-17(28-23-13)14-7-9-15(10-8-14)18-16(12-22)24(21(5,6)26-18)19(25)27-20(2,3)4/h7-11,16,18H,12H2,1-6H3. The van der Waals surface area contributed by atoms with Crippen LogP contribution in [0.1, 0.15) is 52.0 Å². The van der Waals surface area contributed by atoms with Crippen LogP contribution < -0.4 is 0 Å². The summed E-state index contributed by atoms with van der Waals surface area (Å²) < 4.78 is 30.8. The van der Waals surface area contributed by atoms with Crippen LogP contribution in [0.25, 0.3) is 11.3 Å². The summed E-state index contributed by atoms with van der Waals surface area (Å²) in [5.74, 6) is 0.661. The van der Waals surface area contributed by atoms with Crippen LogP contribution in [0.4, 0.5) is 9.18 Å². The Hall–Kier alpha value is -2.41. The molecule has 1 aliphatic rings. The number of alkyl halides is 1. The molecule has 1 amide bonds. The van der Waals surface area contributed by atoms with Crippen molar-refractivity contribution in [1.29, 1.82) is 0 Å². The van der Waals surface area contributed by atoms with Crippen molar-refractivity contribution >= 4 is 6.09 Å². The van der Waals surface area contributed by atoms with E-state index in [-0.39, 0.29) is 0 Å². The molecular weight excluding hydrogens is 363 g/mol. The van der Waals surface area contributed by atoms with Gasteiger partial charge in [0.2, 0.25) is 0 Å². The minimum Gasteiger partial charge on any atom is -0.444 e. The number of nitrogens with zero attached hydrogens (tertiary/aromatic N) is 2. The van der Waals surface area contributed by atoms with E-state index in [4.69, 9.17) is 14.0 Å². The predicted molar refractivity (Wildman–Crippen MR) is 102 cm³/mol. The molecule has 1 saturated heterocycles. The van der Waals surface area contributed by atoms with Crippen molar-refractivity contribution in [3.05, 3.63) is 41.6 Å². The van der Waals surface area contributed by atoms with Crippen molar-refractivity contribution in [3.63, 3.8) is 0 Å². The number of aromatic nitrogens is 1. The highest BCUT2D eigenvalue weighted by Gasteiger charge is 2.51. The van der Waals surface area contributed by atoms with Crippen molar-refractivity contribution in [2.45, 2.75) is 65.0 Å². The van der Waals surface area contributed by atoms with Gasteiger partial charge < -0.3 is 14.0 Å². The molecule has 28 heavy (non-hydrogen) atoms. The number of hydrogen-bond donors (Lipinski definition) is 0. The third kappa shape index (κ3) is 4.04. The van der Waals surface area contributed by atoms with Gasteiger partial charge >= 0.3 is 6.09 Å². The summed E-state index contributed by atoms with van der Waals surface area (Å²) in [4.78, 5) is 14.1. The van der Waals surface area contributed by atoms with Crippen molar-refractivity contribution in [1.82, 2.24) is 10.1 Å². The van der Waals surface area contributed by atoms with Crippen LogP contribution in [0.5, 0.6) is 0 Å². The Bertz CT molecular complexity index is 839. The molecule has 2 atom stereocenters. The minimum atomic E-state index is -0.996. The quantitative estimate of drug-likeness (QED) is 0.735. The molecule has 0 aliphatic carbocycles. The SMILES string of the molecule is Cc1cc(-c2ccc(C3OC(C)(C)N(C(=O)OC(C)(C)C)C3CF)cc2)on1. The van der Waals surface area contributed by atoms with Gasteiger partial charge in [-0.2, -0.15) is 0 Å². The number of rotatable bonds is 3. The van der Waals surface area contributed by atoms with E-state index < -0.39 is 36.2 Å². The van der Waals surface area contributed by atoms with E-state index >= 15 is 0 Å². The highest BCUT2D eigenvalue weighted by atomic mass is 19.1. The van der Waals surface area contributed by atoms with Gasteiger partial charge in [-0.05, 0) is 47.1 Å². The third-order valence-electron chi connectivity index (χ3n) is 4.58. The molecule has 0 saturated carbocycles. The highest BCUT2D eigenvalue weighted by molar-refractivity contribution is 5.70. The van der Waals surface area contributed by atoms with E-state index in [1.807, 2.05) is 37.3 Å². The van der Waals surface area contributed by atoms with Crippen LogP contribution in [0.3, 0.4) is 0 Å². The van der Waals surface area contributed by atoms with Gasteiger partial charge in [0.15, 0.2) is 5.76 Å². The average molecular weight is 390 g/mol. The minimum absolute atomic E-state index is 0.587. The number of carbonyl (C=O) groups excluding carboxylic acids is 1. The number of aryl methyl sites for hydroxylation is 1. The lowest BCUT2D eigenvalue weighted by atomic mass is 10.0. The van der Waals surface area contributed by atoms with E-state index in [9.17, 15) is 9.18 Å². The summed E-state index contributed by atoms with van der Waals surface area (Å²) in [6.45, 7) is 9.93. The Balaban J connectivity index is 1.86. The van der Waals surface area contributed by atoms with E-state index in [1.165, 1.54) is 4.90 Å². The van der Waals surface area contributed by atoms with Crippen LogP contribution in [-0.4, -0.2) is 40.2 Å². The molecule has 152 valence electrons. The van der Waals surface area contributed by atoms with Crippen LogP contribution in [0.15, 0.2) is 34.9 Å². The largest absolute Gasteiger partial charge is 0.444 e. The second kappa shape index (κ2) is 7.20. The molecule has 3 rings (SSSR count). The Morgan fingerprint density at radius 3 is 2.43 bits per heavy atom. The first-order valence-electron chi connectivity index (χ1n) is 9.31. The molecule has 2 aromatic rings. The zero-order valence-electron chi connectivity index (χ0n) is 17.2. The lowest BCUT2D eigenvalue weighted by molar-refractivity contribution is -0.0797. The van der Waals surface area contributed by atoms with E-state index in [2.05, 4.69) is 5.16 Å². The summed E-state index contributed by atoms with van der Waals surface area (Å²) >= 11 is 0. The fraction of sp³-hybridized carbons (Fsp3) is 0.524. The fourth-order valence-corrected chi connectivity index (χ4v) is 3.42. The Morgan fingerprint density at radius 1 is 1.29 bits per heavy atom. The van der Waals surface area contributed by atoms with Crippen molar-refractivity contribution < 1.29 is 23.2 Å². The average Bonchev–Trinajstić information content (AvgIpc) is 3.13. The molecular formula is C21H27FN2O4. The maximum atomic E-state index is 14.0. The molecule has 7 heteroatoms. The van der Waals surface area contributed by atoms with Gasteiger partial charge in [0.1, 0.15) is 24.1 Å². The topological polar surface area (TPSA) is 64.8 Å². The molecule has 6 nitrogen and oxygen atoms in total. The van der Waals surface area contributed by atoms with Gasteiger partial charge in [0.25, 0.3) is 0 Å². The summed E-state index contributed by atoms with van der Waals surface area (Å²) in [7, 11) is 0. The molecule has 1 aromatic heterocycles. The van der Waals surface area contributed by atoms with E-state index in [0.29, 0.717) is 5.76 Å². The maximum absolute atomic E-state index is 14.0. The number of benzene rings is 1. The Kier molecular flexibility index (Phi) is 5.23. The van der Waals surface area contributed by atoms with Crippen molar-refractivity contribution in [3.8, 4) is 11.3 Å². The van der Waals surface area contributed by atoms with Crippen LogP contribution >= 0.6 is 0 Å². The lowest BCUT2D eigenvalue weighted by Gasteiger charge is -2.34. The maximum Gasteiger partial charge on any atom is 0.413 e. The Morgan fingerprint density at radius 2 is 1.93 bits per heavy atom. The zero-order chi connectivity index (χ0) is 20.7. The number of ether oxygens (including phenoxy) is 2. The molecule has 2 unspecified atom stereocenters. The highest BCUT2D eigenvalue weighted by Crippen LogP contribution is 2.42. The molecule has 1 aromatic carbocycles. The summed E-state index contributed by atoms with van der Waals surface area (Å²) in [5, 5.41) is 3.89. The van der Waals surface area contributed by atoms with E-state index in [1.54, 1.807) is 34.6 Å². The summed E-state index contributed by atoms with van der Waals surface area (Å²) in [5.41, 5.74) is 0.766. The Labute approximate surface area is 164 Å². The van der Waals surface area contributed by atoms with Crippen LogP contribution in [-0.2, 0) is 9.47 Å². The van der Waals surface area contributed by atoms with Gasteiger partial charge in [0, 0.05) is 11.6 Å². The molecule has 2 heterocycles. The molecule has 0 N–H and O–H groups in total. The molecule has 0 spiro atoms. The molecule has 0 radical (unpaired) electrons. The molecule has 1 fully saturated rings. The lowest BCUT2D eigenvalue weighted by Crippen LogP contribution is -2.50. The van der Waals surface area contributed by atoms with Gasteiger partial charge in [0.05, 0.1) is 11.7 Å². The molecule has 0 bridgehead atoms. The fourth-order valence-electron chi connectivity index (χ4n) is 3.42.